The van der Waals surface area contributed by atoms with Gasteiger partial charge in [-0.25, -0.2) is 8.78 Å². The van der Waals surface area contributed by atoms with Gasteiger partial charge < -0.3 is 15.4 Å². The third kappa shape index (κ3) is 5.98. The lowest BCUT2D eigenvalue weighted by molar-refractivity contribution is 0.0170. The normalized spacial score (nSPS) is 16.5. The van der Waals surface area contributed by atoms with Gasteiger partial charge in [-0.2, -0.15) is 0 Å². The number of guanidine groups is 1. The van der Waals surface area contributed by atoms with Crippen LogP contribution in [0, 0.1) is 18.6 Å². The Morgan fingerprint density at radius 1 is 1.10 bits per heavy atom. The second-order valence-corrected chi connectivity index (χ2v) is 7.11. The molecule has 1 aliphatic heterocycles. The molecule has 0 radical (unpaired) electrons. The van der Waals surface area contributed by atoms with Gasteiger partial charge >= 0.3 is 0 Å². The van der Waals surface area contributed by atoms with Crippen LogP contribution in [0.15, 0.2) is 47.5 Å². The zero-order valence-electron chi connectivity index (χ0n) is 16.9. The highest BCUT2D eigenvalue weighted by atomic mass is 19.1. The summed E-state index contributed by atoms with van der Waals surface area (Å²) in [6.45, 7) is 5.94. The van der Waals surface area contributed by atoms with E-state index in [2.05, 4.69) is 20.5 Å². The molecule has 2 aromatic carbocycles. The van der Waals surface area contributed by atoms with Crippen molar-refractivity contribution < 1.29 is 13.5 Å². The van der Waals surface area contributed by atoms with E-state index in [1.54, 1.807) is 20.0 Å². The van der Waals surface area contributed by atoms with Crippen LogP contribution >= 0.6 is 0 Å². The van der Waals surface area contributed by atoms with Crippen LogP contribution in [-0.4, -0.2) is 50.8 Å². The first kappa shape index (κ1) is 21.2. The molecule has 1 unspecified atom stereocenters. The lowest BCUT2D eigenvalue weighted by atomic mass is 10.0. The molecule has 2 aromatic rings. The Morgan fingerprint density at radius 3 is 2.48 bits per heavy atom. The number of aliphatic imine (C=N–C) groups is 1. The van der Waals surface area contributed by atoms with Gasteiger partial charge in [0.25, 0.3) is 0 Å². The first-order valence-electron chi connectivity index (χ1n) is 9.83. The topological polar surface area (TPSA) is 48.9 Å². The van der Waals surface area contributed by atoms with E-state index >= 15 is 0 Å². The van der Waals surface area contributed by atoms with E-state index in [0.717, 1.165) is 24.2 Å². The van der Waals surface area contributed by atoms with E-state index in [-0.39, 0.29) is 17.7 Å². The van der Waals surface area contributed by atoms with Gasteiger partial charge in [0, 0.05) is 33.2 Å². The summed E-state index contributed by atoms with van der Waals surface area (Å²) in [5.41, 5.74) is 2.65. The van der Waals surface area contributed by atoms with Crippen molar-refractivity contribution in [1.29, 1.82) is 0 Å². The van der Waals surface area contributed by atoms with Gasteiger partial charge in [-0.05, 0) is 41.8 Å². The van der Waals surface area contributed by atoms with Gasteiger partial charge in [-0.3, -0.25) is 9.89 Å². The van der Waals surface area contributed by atoms with Crippen LogP contribution in [0.25, 0.3) is 0 Å². The standard InChI is InChI=1S/C22H28F2N4O/c1-16-13-17(3-8-20(16)24)14-26-22(25-2)27-15-21(28-9-11-29-12-10-28)18-4-6-19(23)7-5-18/h3-8,13,21H,9-12,14-15H2,1-2H3,(H2,25,26,27). The number of hydrogen-bond donors (Lipinski definition) is 2. The molecule has 1 aliphatic rings. The van der Waals surface area contributed by atoms with Crippen LogP contribution in [0.2, 0.25) is 0 Å². The van der Waals surface area contributed by atoms with E-state index in [4.69, 9.17) is 4.74 Å². The SMILES string of the molecule is CN=C(NCc1ccc(F)c(C)c1)NCC(c1ccc(F)cc1)N1CCOCC1. The molecular formula is C22H28F2N4O. The van der Waals surface area contributed by atoms with Crippen molar-refractivity contribution >= 4 is 5.96 Å². The Labute approximate surface area is 170 Å². The molecular weight excluding hydrogens is 374 g/mol. The Balaban J connectivity index is 1.63. The summed E-state index contributed by atoms with van der Waals surface area (Å²) >= 11 is 0. The molecule has 7 heteroatoms. The summed E-state index contributed by atoms with van der Waals surface area (Å²) in [4.78, 5) is 6.62. The van der Waals surface area contributed by atoms with Gasteiger partial charge in [0.2, 0.25) is 0 Å². The van der Waals surface area contributed by atoms with Crippen LogP contribution in [-0.2, 0) is 11.3 Å². The fourth-order valence-corrected chi connectivity index (χ4v) is 3.45. The molecule has 0 aliphatic carbocycles. The summed E-state index contributed by atoms with van der Waals surface area (Å²) in [7, 11) is 1.72. The third-order valence-electron chi connectivity index (χ3n) is 5.11. The van der Waals surface area contributed by atoms with E-state index < -0.39 is 0 Å². The minimum atomic E-state index is -0.241. The fourth-order valence-electron chi connectivity index (χ4n) is 3.45. The van der Waals surface area contributed by atoms with Crippen molar-refractivity contribution in [2.45, 2.75) is 19.5 Å². The minimum Gasteiger partial charge on any atom is -0.379 e. The Kier molecular flexibility index (Phi) is 7.55. The maximum absolute atomic E-state index is 13.4. The van der Waals surface area contributed by atoms with Gasteiger partial charge in [0.15, 0.2) is 5.96 Å². The van der Waals surface area contributed by atoms with Crippen LogP contribution < -0.4 is 10.6 Å². The molecule has 1 heterocycles. The molecule has 2 N–H and O–H groups in total. The van der Waals surface area contributed by atoms with Gasteiger partial charge in [0.1, 0.15) is 11.6 Å². The molecule has 0 amide bonds. The van der Waals surface area contributed by atoms with Crippen molar-refractivity contribution in [2.24, 2.45) is 4.99 Å². The molecule has 3 rings (SSSR count). The zero-order valence-corrected chi connectivity index (χ0v) is 16.9. The largest absolute Gasteiger partial charge is 0.379 e. The fraction of sp³-hybridized carbons (Fsp3) is 0.409. The predicted molar refractivity (Wildman–Crippen MR) is 111 cm³/mol. The molecule has 0 saturated carbocycles. The van der Waals surface area contributed by atoms with Crippen molar-refractivity contribution in [3.63, 3.8) is 0 Å². The number of hydrogen-bond acceptors (Lipinski definition) is 3. The number of nitrogens with one attached hydrogen (secondary N) is 2. The molecule has 5 nitrogen and oxygen atoms in total. The zero-order chi connectivity index (χ0) is 20.6. The monoisotopic (exact) mass is 402 g/mol. The quantitative estimate of drug-likeness (QED) is 0.576. The van der Waals surface area contributed by atoms with Crippen molar-refractivity contribution in [1.82, 2.24) is 15.5 Å². The Morgan fingerprint density at radius 2 is 1.83 bits per heavy atom. The van der Waals surface area contributed by atoms with E-state index in [0.29, 0.717) is 37.8 Å². The summed E-state index contributed by atoms with van der Waals surface area (Å²) in [6.07, 6.45) is 0. The molecule has 156 valence electrons. The highest BCUT2D eigenvalue weighted by Crippen LogP contribution is 2.21. The smallest absolute Gasteiger partial charge is 0.191 e. The Bertz CT molecular complexity index is 820. The van der Waals surface area contributed by atoms with Crippen molar-refractivity contribution in [3.05, 3.63) is 70.8 Å². The lowest BCUT2D eigenvalue weighted by Crippen LogP contribution is -2.46. The molecule has 0 aromatic heterocycles. The molecule has 1 fully saturated rings. The number of morpholine rings is 1. The molecule has 0 spiro atoms. The average Bonchev–Trinajstić information content (AvgIpc) is 2.75. The number of halogens is 2. The summed E-state index contributed by atoms with van der Waals surface area (Å²) in [5.74, 6) is 0.214. The summed E-state index contributed by atoms with van der Waals surface area (Å²) < 4.78 is 32.3. The van der Waals surface area contributed by atoms with Crippen LogP contribution in [0.1, 0.15) is 22.7 Å². The van der Waals surface area contributed by atoms with Gasteiger partial charge in [0.05, 0.1) is 19.3 Å². The predicted octanol–water partition coefficient (Wildman–Crippen LogP) is 3.01. The van der Waals surface area contributed by atoms with Crippen LogP contribution in [0.4, 0.5) is 8.78 Å². The van der Waals surface area contributed by atoms with E-state index in [1.807, 2.05) is 18.2 Å². The second kappa shape index (κ2) is 10.3. The molecule has 1 saturated heterocycles. The maximum Gasteiger partial charge on any atom is 0.191 e. The molecule has 1 atom stereocenters. The number of benzene rings is 2. The highest BCUT2D eigenvalue weighted by molar-refractivity contribution is 5.79. The molecule has 0 bridgehead atoms. The second-order valence-electron chi connectivity index (χ2n) is 7.11. The Hall–Kier alpha value is -2.51. The maximum atomic E-state index is 13.4. The van der Waals surface area contributed by atoms with Crippen molar-refractivity contribution in [2.75, 3.05) is 39.9 Å². The first-order valence-corrected chi connectivity index (χ1v) is 9.83. The average molecular weight is 402 g/mol. The first-order chi connectivity index (χ1) is 14.1. The number of ether oxygens (including phenoxy) is 1. The van der Waals surface area contributed by atoms with E-state index in [9.17, 15) is 8.78 Å². The van der Waals surface area contributed by atoms with Gasteiger partial charge in [-0.1, -0.05) is 24.3 Å². The lowest BCUT2D eigenvalue weighted by Gasteiger charge is -2.35. The minimum absolute atomic E-state index is 0.0751. The number of nitrogens with zero attached hydrogens (tertiary/aromatic N) is 2. The molecule has 29 heavy (non-hydrogen) atoms. The van der Waals surface area contributed by atoms with Crippen molar-refractivity contribution in [3.8, 4) is 0 Å². The van der Waals surface area contributed by atoms with E-state index in [1.165, 1.54) is 18.2 Å². The number of rotatable bonds is 6. The number of aryl methyl sites for hydroxylation is 1. The third-order valence-corrected chi connectivity index (χ3v) is 5.11. The van der Waals surface area contributed by atoms with Crippen LogP contribution in [0.3, 0.4) is 0 Å². The van der Waals surface area contributed by atoms with Crippen LogP contribution in [0.5, 0.6) is 0 Å². The highest BCUT2D eigenvalue weighted by Gasteiger charge is 2.23. The summed E-state index contributed by atoms with van der Waals surface area (Å²) in [5, 5.41) is 6.63. The van der Waals surface area contributed by atoms with Gasteiger partial charge in [-0.15, -0.1) is 0 Å². The summed E-state index contributed by atoms with van der Waals surface area (Å²) in [6, 6.07) is 11.8.